The lowest BCUT2D eigenvalue weighted by Gasteiger charge is -2.33. The van der Waals surface area contributed by atoms with Gasteiger partial charge in [0.15, 0.2) is 0 Å². The predicted molar refractivity (Wildman–Crippen MR) is 109 cm³/mol. The van der Waals surface area contributed by atoms with Gasteiger partial charge >= 0.3 is 0 Å². The van der Waals surface area contributed by atoms with Crippen molar-refractivity contribution in [2.24, 2.45) is 5.92 Å². The van der Waals surface area contributed by atoms with Crippen LogP contribution >= 0.6 is 11.9 Å². The maximum atomic E-state index is 6.48. The van der Waals surface area contributed by atoms with Crippen LogP contribution in [0.1, 0.15) is 52.4 Å². The van der Waals surface area contributed by atoms with E-state index in [2.05, 4.69) is 62.9 Å². The predicted octanol–water partition coefficient (Wildman–Crippen LogP) is 6.93. The van der Waals surface area contributed by atoms with E-state index in [9.17, 15) is 0 Å². The Labute approximate surface area is 157 Å². The monoisotopic (exact) mass is 357 g/mol. The van der Waals surface area contributed by atoms with E-state index in [1.165, 1.54) is 17.7 Å². The maximum Gasteiger partial charge on any atom is 0.0870 e. The zero-order valence-corrected chi connectivity index (χ0v) is 16.4. The minimum atomic E-state index is 0.278. The van der Waals surface area contributed by atoms with Crippen molar-refractivity contribution in [3.05, 3.63) is 66.9 Å². The van der Waals surface area contributed by atoms with E-state index in [0.29, 0.717) is 5.92 Å². The van der Waals surface area contributed by atoms with Crippen molar-refractivity contribution in [2.45, 2.75) is 63.4 Å². The van der Waals surface area contributed by atoms with Crippen molar-refractivity contribution in [3.8, 4) is 0 Å². The van der Waals surface area contributed by atoms with Crippen molar-refractivity contribution >= 4 is 11.9 Å². The summed E-state index contributed by atoms with van der Waals surface area (Å²) in [6, 6.07) is 10.4. The van der Waals surface area contributed by atoms with Crippen molar-refractivity contribution in [2.75, 3.05) is 0 Å². The van der Waals surface area contributed by atoms with E-state index in [-0.39, 0.29) is 6.10 Å². The third-order valence-electron chi connectivity index (χ3n) is 4.37. The molecule has 0 radical (unpaired) electrons. The minimum absolute atomic E-state index is 0.278. The molecule has 2 unspecified atom stereocenters. The van der Waals surface area contributed by atoms with E-state index >= 15 is 0 Å². The molecule has 0 saturated heterocycles. The molecule has 1 aliphatic rings. The van der Waals surface area contributed by atoms with Gasteiger partial charge in [-0.1, -0.05) is 49.8 Å². The summed E-state index contributed by atoms with van der Waals surface area (Å²) in [5.41, 5.74) is 1.12. The Morgan fingerprint density at radius 2 is 2.12 bits per heavy atom. The topological polar surface area (TPSA) is 12.5 Å². The third-order valence-corrected chi connectivity index (χ3v) is 5.32. The first-order valence-corrected chi connectivity index (χ1v) is 10.2. The second-order valence-corrected chi connectivity index (χ2v) is 7.47. The molecule has 0 aliphatic heterocycles. The highest BCUT2D eigenvalue weighted by Gasteiger charge is 2.25. The molecule has 1 saturated carbocycles. The van der Waals surface area contributed by atoms with Crippen molar-refractivity contribution < 1.29 is 4.84 Å². The third kappa shape index (κ3) is 6.75. The summed E-state index contributed by atoms with van der Waals surface area (Å²) >= 11 is 1.66. The molecule has 1 fully saturated rings. The number of hydrogen-bond acceptors (Lipinski definition) is 3. The van der Waals surface area contributed by atoms with Gasteiger partial charge in [-0.15, -0.1) is 6.58 Å². The minimum Gasteiger partial charge on any atom is -0.259 e. The standard InChI is InChI=1S/C22H31NOS/c1-4-11-19-14-10-15-21(18-19)24-23(20(12-5-2)13-6-3)25-22-16-8-7-9-17-22/h4-5,7-9,12-13,16-17,19,21H,1,6,10-11,14-15,18H2,2-3H3/b12-5-,20-13+. The summed E-state index contributed by atoms with van der Waals surface area (Å²) in [6.45, 7) is 8.11. The van der Waals surface area contributed by atoms with Gasteiger partial charge in [0.05, 0.1) is 11.8 Å². The molecular weight excluding hydrogens is 326 g/mol. The Balaban J connectivity index is 2.12. The molecule has 1 aliphatic carbocycles. The molecule has 2 rings (SSSR count). The van der Waals surface area contributed by atoms with E-state index in [0.717, 1.165) is 31.4 Å². The number of allylic oxidation sites excluding steroid dienone is 4. The Morgan fingerprint density at radius 1 is 1.32 bits per heavy atom. The lowest BCUT2D eigenvalue weighted by molar-refractivity contribution is -0.119. The van der Waals surface area contributed by atoms with E-state index < -0.39 is 0 Å². The Kier molecular flexibility index (Phi) is 8.92. The number of rotatable bonds is 9. The first-order chi connectivity index (χ1) is 12.3. The zero-order valence-electron chi connectivity index (χ0n) is 15.6. The van der Waals surface area contributed by atoms with Crippen molar-refractivity contribution in [1.29, 1.82) is 0 Å². The van der Waals surface area contributed by atoms with Gasteiger partial charge in [-0.05, 0) is 63.2 Å². The zero-order chi connectivity index (χ0) is 17.9. The Hall–Kier alpha value is -1.45. The van der Waals surface area contributed by atoms with E-state index in [4.69, 9.17) is 4.84 Å². The van der Waals surface area contributed by atoms with Crippen LogP contribution in [0.3, 0.4) is 0 Å². The molecule has 0 amide bonds. The number of nitrogens with zero attached hydrogens (tertiary/aromatic N) is 1. The van der Waals surface area contributed by atoms with Gasteiger partial charge in [-0.2, -0.15) is 4.47 Å². The van der Waals surface area contributed by atoms with Gasteiger partial charge in [0, 0.05) is 16.8 Å². The number of benzene rings is 1. The molecular formula is C22H31NOS. The van der Waals surface area contributed by atoms with Gasteiger partial charge < -0.3 is 0 Å². The molecule has 2 nitrogen and oxygen atoms in total. The fourth-order valence-corrected chi connectivity index (χ4v) is 4.09. The molecule has 1 aromatic rings. The average molecular weight is 358 g/mol. The quantitative estimate of drug-likeness (QED) is 0.206. The molecule has 0 N–H and O–H groups in total. The van der Waals surface area contributed by atoms with Crippen LogP contribution in [-0.4, -0.2) is 10.6 Å². The first-order valence-electron chi connectivity index (χ1n) is 9.40. The fraction of sp³-hybridized carbons (Fsp3) is 0.455. The molecule has 3 heteroatoms. The van der Waals surface area contributed by atoms with Crippen LogP contribution in [0, 0.1) is 5.92 Å². The molecule has 0 heterocycles. The summed E-state index contributed by atoms with van der Waals surface area (Å²) in [4.78, 5) is 7.67. The van der Waals surface area contributed by atoms with Gasteiger partial charge in [-0.25, -0.2) is 0 Å². The summed E-state index contributed by atoms with van der Waals surface area (Å²) in [6.07, 6.45) is 15.6. The number of hydroxylamine groups is 1. The second-order valence-electron chi connectivity index (χ2n) is 6.48. The molecule has 0 bridgehead atoms. The Morgan fingerprint density at radius 3 is 2.80 bits per heavy atom. The second kappa shape index (κ2) is 11.2. The van der Waals surface area contributed by atoms with Crippen LogP contribution in [0.4, 0.5) is 0 Å². The van der Waals surface area contributed by atoms with Gasteiger partial charge in [0.25, 0.3) is 0 Å². The lowest BCUT2D eigenvalue weighted by atomic mass is 9.85. The highest BCUT2D eigenvalue weighted by molar-refractivity contribution is 7.97. The fourth-order valence-electron chi connectivity index (χ4n) is 3.22. The van der Waals surface area contributed by atoms with Gasteiger partial charge in [0.2, 0.25) is 0 Å². The van der Waals surface area contributed by atoms with Crippen LogP contribution < -0.4 is 0 Å². The molecule has 0 aromatic heterocycles. The first kappa shape index (κ1) is 19.9. The van der Waals surface area contributed by atoms with E-state index in [1.54, 1.807) is 11.9 Å². The van der Waals surface area contributed by atoms with E-state index in [1.807, 2.05) is 16.6 Å². The highest BCUT2D eigenvalue weighted by Crippen LogP contribution is 2.34. The average Bonchev–Trinajstić information content (AvgIpc) is 2.62. The molecule has 25 heavy (non-hydrogen) atoms. The normalized spacial score (nSPS) is 21.4. The molecule has 2 atom stereocenters. The summed E-state index contributed by atoms with van der Waals surface area (Å²) in [5.74, 6) is 0.708. The summed E-state index contributed by atoms with van der Waals surface area (Å²) in [5, 5.41) is 0. The van der Waals surface area contributed by atoms with Crippen molar-refractivity contribution in [1.82, 2.24) is 4.47 Å². The molecule has 0 spiro atoms. The van der Waals surface area contributed by atoms with Crippen LogP contribution in [0.15, 0.2) is 71.8 Å². The summed E-state index contributed by atoms with van der Waals surface area (Å²) in [7, 11) is 0. The van der Waals surface area contributed by atoms with Crippen molar-refractivity contribution in [3.63, 3.8) is 0 Å². The van der Waals surface area contributed by atoms with Gasteiger partial charge in [0.1, 0.15) is 0 Å². The highest BCUT2D eigenvalue weighted by atomic mass is 32.2. The van der Waals surface area contributed by atoms with Crippen LogP contribution in [-0.2, 0) is 4.84 Å². The maximum absolute atomic E-state index is 6.48. The number of hydrogen-bond donors (Lipinski definition) is 0. The van der Waals surface area contributed by atoms with Gasteiger partial charge in [-0.3, -0.25) is 4.84 Å². The summed E-state index contributed by atoms with van der Waals surface area (Å²) < 4.78 is 2.01. The molecule has 1 aromatic carbocycles. The largest absolute Gasteiger partial charge is 0.259 e. The smallest absolute Gasteiger partial charge is 0.0870 e. The van der Waals surface area contributed by atoms with Crippen LogP contribution in [0.25, 0.3) is 0 Å². The SMILES string of the molecule is C=CCC1CCCC(ON(Sc2ccccc2)C(/C=C\C)=C/CC)C1. The van der Waals surface area contributed by atoms with Crippen LogP contribution in [0.2, 0.25) is 0 Å². The van der Waals surface area contributed by atoms with Crippen LogP contribution in [0.5, 0.6) is 0 Å². The molecule has 136 valence electrons. The lowest BCUT2D eigenvalue weighted by Crippen LogP contribution is -2.29. The Bertz CT molecular complexity index is 567.